The number of aryl methyl sites for hydroxylation is 1. The van der Waals surface area contributed by atoms with E-state index in [1.54, 1.807) is 6.92 Å². The molecule has 0 spiro atoms. The molecular weight excluding hydrogens is 364 g/mol. The Morgan fingerprint density at radius 2 is 1.96 bits per heavy atom. The number of carbonyl (C=O) groups is 1. The summed E-state index contributed by atoms with van der Waals surface area (Å²) < 4.78 is 1.08. The molecule has 1 aliphatic heterocycles. The minimum atomic E-state index is -0.0435. The van der Waals surface area contributed by atoms with Crippen molar-refractivity contribution in [2.24, 2.45) is 0 Å². The number of H-pyrrole nitrogens is 1. The average Bonchev–Trinajstić information content (AvgIpc) is 2.92. The summed E-state index contributed by atoms with van der Waals surface area (Å²) >= 11 is 3.57. The molecule has 2 aromatic carbocycles. The third-order valence-electron chi connectivity index (χ3n) is 4.89. The van der Waals surface area contributed by atoms with Gasteiger partial charge in [0, 0.05) is 34.5 Å². The molecule has 3 nitrogen and oxygen atoms in total. The van der Waals surface area contributed by atoms with Gasteiger partial charge in [0.25, 0.3) is 0 Å². The van der Waals surface area contributed by atoms with Gasteiger partial charge in [-0.3, -0.25) is 4.79 Å². The van der Waals surface area contributed by atoms with E-state index in [0.717, 1.165) is 34.2 Å². The average molecular weight is 383 g/mol. The number of halogens is 1. The molecule has 0 radical (unpaired) electrons. The number of rotatable bonds is 1. The smallest absolute Gasteiger partial charge is 0.220 e. The van der Waals surface area contributed by atoms with Crippen LogP contribution in [-0.4, -0.2) is 22.3 Å². The van der Waals surface area contributed by atoms with Crippen molar-refractivity contribution in [3.63, 3.8) is 0 Å². The van der Waals surface area contributed by atoms with E-state index < -0.39 is 0 Å². The Kier molecular flexibility index (Phi) is 3.72. The molecule has 0 fully saturated rings. The second kappa shape index (κ2) is 5.78. The lowest BCUT2D eigenvalue weighted by Gasteiger charge is -2.35. The number of aromatic amines is 1. The number of aromatic nitrogens is 1. The number of hydrogen-bond donors (Lipinski definition) is 1. The van der Waals surface area contributed by atoms with Gasteiger partial charge in [-0.25, -0.2) is 0 Å². The fourth-order valence-corrected chi connectivity index (χ4v) is 4.06. The number of carbonyl (C=O) groups excluding carboxylic acids is 1. The third kappa shape index (κ3) is 2.46. The quantitative estimate of drug-likeness (QED) is 0.648. The number of nitrogens with one attached hydrogen (secondary N) is 1. The van der Waals surface area contributed by atoms with Crippen LogP contribution in [0.3, 0.4) is 0 Å². The van der Waals surface area contributed by atoms with Crippen molar-refractivity contribution < 1.29 is 4.79 Å². The van der Waals surface area contributed by atoms with Gasteiger partial charge >= 0.3 is 0 Å². The molecule has 0 bridgehead atoms. The third-order valence-corrected chi connectivity index (χ3v) is 5.38. The molecule has 1 atom stereocenters. The number of hydrogen-bond acceptors (Lipinski definition) is 1. The highest BCUT2D eigenvalue weighted by molar-refractivity contribution is 9.10. The molecule has 4 rings (SSSR count). The lowest BCUT2D eigenvalue weighted by atomic mass is 9.92. The summed E-state index contributed by atoms with van der Waals surface area (Å²) in [6.07, 6.45) is 0.883. The van der Waals surface area contributed by atoms with Crippen molar-refractivity contribution in [3.05, 3.63) is 69.3 Å². The first-order chi connectivity index (χ1) is 11.5. The molecule has 4 heteroatoms. The molecule has 1 N–H and O–H groups in total. The number of amides is 1. The van der Waals surface area contributed by atoms with Gasteiger partial charge in [0.1, 0.15) is 0 Å². The predicted octanol–water partition coefficient (Wildman–Crippen LogP) is 4.73. The minimum absolute atomic E-state index is 0.0435. The fraction of sp³-hybridized carbons (Fsp3) is 0.250. The zero-order valence-corrected chi connectivity index (χ0v) is 15.4. The highest BCUT2D eigenvalue weighted by atomic mass is 79.9. The first kappa shape index (κ1) is 15.5. The van der Waals surface area contributed by atoms with Crippen LogP contribution < -0.4 is 0 Å². The minimum Gasteiger partial charge on any atom is -0.356 e. The number of fused-ring (bicyclic) bond motifs is 3. The van der Waals surface area contributed by atoms with Crippen LogP contribution in [0, 0.1) is 6.92 Å². The van der Waals surface area contributed by atoms with Crippen LogP contribution in [0.25, 0.3) is 10.9 Å². The van der Waals surface area contributed by atoms with Gasteiger partial charge in [-0.1, -0.05) is 45.8 Å². The molecular formula is C20H19BrN2O. The lowest BCUT2D eigenvalue weighted by molar-refractivity contribution is -0.130. The van der Waals surface area contributed by atoms with E-state index in [4.69, 9.17) is 0 Å². The molecule has 3 aromatic rings. The fourth-order valence-electron chi connectivity index (χ4n) is 3.70. The SMILES string of the molecule is CC(=O)N1CCc2c([nH]c3ccc(Br)cc23)C1c1ccc(C)cc1. The van der Waals surface area contributed by atoms with Crippen molar-refractivity contribution in [2.75, 3.05) is 6.54 Å². The molecule has 1 unspecified atom stereocenters. The van der Waals surface area contributed by atoms with Gasteiger partial charge in [0.2, 0.25) is 5.91 Å². The molecule has 1 amide bonds. The van der Waals surface area contributed by atoms with Crippen LogP contribution in [0.2, 0.25) is 0 Å². The number of nitrogens with zero attached hydrogens (tertiary/aromatic N) is 1. The molecule has 0 saturated carbocycles. The summed E-state index contributed by atoms with van der Waals surface area (Å²) in [4.78, 5) is 17.8. The normalized spacial score (nSPS) is 17.1. The van der Waals surface area contributed by atoms with Crippen molar-refractivity contribution in [3.8, 4) is 0 Å². The van der Waals surface area contributed by atoms with E-state index in [-0.39, 0.29) is 11.9 Å². The van der Waals surface area contributed by atoms with Crippen LogP contribution >= 0.6 is 15.9 Å². The van der Waals surface area contributed by atoms with Crippen LogP contribution in [-0.2, 0) is 11.2 Å². The molecule has 0 aliphatic carbocycles. The van der Waals surface area contributed by atoms with Gasteiger partial charge in [0.05, 0.1) is 6.04 Å². The van der Waals surface area contributed by atoms with E-state index in [1.165, 1.54) is 16.5 Å². The molecule has 24 heavy (non-hydrogen) atoms. The molecule has 1 aromatic heterocycles. The van der Waals surface area contributed by atoms with Crippen molar-refractivity contribution in [1.82, 2.24) is 9.88 Å². The molecule has 2 heterocycles. The van der Waals surface area contributed by atoms with Crippen molar-refractivity contribution in [2.45, 2.75) is 26.3 Å². The monoisotopic (exact) mass is 382 g/mol. The maximum atomic E-state index is 12.2. The Hall–Kier alpha value is -2.07. The highest BCUT2D eigenvalue weighted by Gasteiger charge is 2.33. The van der Waals surface area contributed by atoms with Crippen LogP contribution in [0.15, 0.2) is 46.9 Å². The van der Waals surface area contributed by atoms with Gasteiger partial charge in [-0.05, 0) is 42.7 Å². The summed E-state index contributed by atoms with van der Waals surface area (Å²) in [6.45, 7) is 4.49. The summed E-state index contributed by atoms with van der Waals surface area (Å²) in [6, 6.07) is 14.8. The first-order valence-corrected chi connectivity index (χ1v) is 8.97. The van der Waals surface area contributed by atoms with E-state index in [2.05, 4.69) is 64.2 Å². The van der Waals surface area contributed by atoms with E-state index in [1.807, 2.05) is 11.0 Å². The van der Waals surface area contributed by atoms with Crippen LogP contribution in [0.1, 0.15) is 35.3 Å². The molecule has 122 valence electrons. The maximum Gasteiger partial charge on any atom is 0.220 e. The largest absolute Gasteiger partial charge is 0.356 e. The predicted molar refractivity (Wildman–Crippen MR) is 100 cm³/mol. The second-order valence-electron chi connectivity index (χ2n) is 6.48. The van der Waals surface area contributed by atoms with Gasteiger partial charge in [-0.2, -0.15) is 0 Å². The Balaban J connectivity index is 1.93. The maximum absolute atomic E-state index is 12.2. The van der Waals surface area contributed by atoms with Gasteiger partial charge in [0.15, 0.2) is 0 Å². The van der Waals surface area contributed by atoms with Crippen molar-refractivity contribution >= 4 is 32.7 Å². The standard InChI is InChI=1S/C20H19BrN2O/c1-12-3-5-14(6-4-12)20-19-16(9-10-23(20)13(2)24)17-11-15(21)7-8-18(17)22-19/h3-8,11,20,22H,9-10H2,1-2H3. The number of benzene rings is 2. The topological polar surface area (TPSA) is 36.1 Å². The first-order valence-electron chi connectivity index (χ1n) is 8.18. The zero-order chi connectivity index (χ0) is 16.8. The Labute approximate surface area is 149 Å². The molecule has 1 aliphatic rings. The highest BCUT2D eigenvalue weighted by Crippen LogP contribution is 2.39. The van der Waals surface area contributed by atoms with Gasteiger partial charge in [-0.15, -0.1) is 0 Å². The Morgan fingerprint density at radius 3 is 2.67 bits per heavy atom. The second-order valence-corrected chi connectivity index (χ2v) is 7.40. The Morgan fingerprint density at radius 1 is 1.21 bits per heavy atom. The lowest BCUT2D eigenvalue weighted by Crippen LogP contribution is -2.39. The molecule has 0 saturated heterocycles. The van der Waals surface area contributed by atoms with E-state index in [0.29, 0.717) is 0 Å². The van der Waals surface area contributed by atoms with E-state index in [9.17, 15) is 4.79 Å². The summed E-state index contributed by atoms with van der Waals surface area (Å²) in [5.41, 5.74) is 5.99. The van der Waals surface area contributed by atoms with Gasteiger partial charge < -0.3 is 9.88 Å². The van der Waals surface area contributed by atoms with Crippen LogP contribution in [0.5, 0.6) is 0 Å². The summed E-state index contributed by atoms with van der Waals surface area (Å²) in [5, 5.41) is 1.25. The van der Waals surface area contributed by atoms with E-state index >= 15 is 0 Å². The Bertz CT molecular complexity index is 927. The van der Waals surface area contributed by atoms with Crippen LogP contribution in [0.4, 0.5) is 0 Å². The zero-order valence-electron chi connectivity index (χ0n) is 13.8. The van der Waals surface area contributed by atoms with Crippen molar-refractivity contribution in [1.29, 1.82) is 0 Å². The summed E-state index contributed by atoms with van der Waals surface area (Å²) in [7, 11) is 0. The summed E-state index contributed by atoms with van der Waals surface area (Å²) in [5.74, 6) is 0.117.